The number of carbonyl (C=O) groups excluding carboxylic acids is 2. The zero-order valence-electron chi connectivity index (χ0n) is 20.1. The molecule has 1 aliphatic heterocycles. The summed E-state index contributed by atoms with van der Waals surface area (Å²) in [5.41, 5.74) is 7.61. The number of nitrogens with zero attached hydrogens (tertiary/aromatic N) is 2. The van der Waals surface area contributed by atoms with Crippen LogP contribution in [0, 0.1) is 11.3 Å². The van der Waals surface area contributed by atoms with Gasteiger partial charge in [-0.05, 0) is 47.5 Å². The van der Waals surface area contributed by atoms with Gasteiger partial charge in [0.05, 0.1) is 44.0 Å². The molecule has 8 nitrogen and oxygen atoms in total. The number of ether oxygens (including phenoxy) is 3. The first-order valence-electron chi connectivity index (χ1n) is 11.3. The van der Waals surface area contributed by atoms with E-state index in [0.29, 0.717) is 17.9 Å². The first-order chi connectivity index (χ1) is 17.4. The van der Waals surface area contributed by atoms with Crippen LogP contribution in [0.15, 0.2) is 89.4 Å². The van der Waals surface area contributed by atoms with Crippen LogP contribution in [0.5, 0.6) is 5.75 Å². The first kappa shape index (κ1) is 24.4. The highest BCUT2D eigenvalue weighted by molar-refractivity contribution is 6.06. The van der Waals surface area contributed by atoms with Crippen molar-refractivity contribution in [1.29, 1.82) is 5.26 Å². The number of esters is 2. The molecule has 8 heteroatoms. The Balaban J connectivity index is 2.00. The largest absolute Gasteiger partial charge is 0.494 e. The molecule has 0 fully saturated rings. The molecular formula is C28H25N3O5. The van der Waals surface area contributed by atoms with Gasteiger partial charge in [0.2, 0.25) is 0 Å². The van der Waals surface area contributed by atoms with Crippen LogP contribution in [0.4, 0.5) is 5.69 Å². The molecule has 0 saturated heterocycles. The molecule has 0 amide bonds. The minimum absolute atomic E-state index is 0.0182. The number of carbonyl (C=O) groups is 2. The van der Waals surface area contributed by atoms with Gasteiger partial charge in [0.1, 0.15) is 17.3 Å². The quantitative estimate of drug-likeness (QED) is 0.521. The van der Waals surface area contributed by atoms with Gasteiger partial charge in [0.15, 0.2) is 0 Å². The van der Waals surface area contributed by atoms with Gasteiger partial charge in [0, 0.05) is 5.69 Å². The highest BCUT2D eigenvalue weighted by atomic mass is 16.5. The third-order valence-corrected chi connectivity index (χ3v) is 5.97. The second kappa shape index (κ2) is 10.2. The number of allylic oxidation sites excluding steroid dienone is 1. The lowest BCUT2D eigenvalue weighted by Crippen LogP contribution is -2.40. The van der Waals surface area contributed by atoms with E-state index in [4.69, 9.17) is 19.9 Å². The molecule has 0 spiro atoms. The van der Waals surface area contributed by atoms with E-state index in [1.54, 1.807) is 30.3 Å². The summed E-state index contributed by atoms with van der Waals surface area (Å²) in [6, 6.07) is 22.1. The number of rotatable bonds is 6. The van der Waals surface area contributed by atoms with Crippen LogP contribution in [0.1, 0.15) is 18.4 Å². The van der Waals surface area contributed by atoms with Gasteiger partial charge in [-0.25, -0.2) is 9.59 Å². The number of hydrogen-bond donors (Lipinski definition) is 1. The van der Waals surface area contributed by atoms with Crippen LogP contribution in [0.3, 0.4) is 0 Å². The Bertz CT molecular complexity index is 1440. The van der Waals surface area contributed by atoms with E-state index in [-0.39, 0.29) is 22.7 Å². The molecule has 1 heterocycles. The molecule has 0 aliphatic carbocycles. The second-order valence-electron chi connectivity index (χ2n) is 7.96. The number of anilines is 1. The standard InChI is InChI=1S/C28H25N3O5/c1-4-36-21-13-11-18-14-20(12-10-19(18)15-21)31-25(28(33)35-3)24(27(32)34-2)23(22(16-29)26(31)30)17-8-6-5-7-9-17/h5-15,23H,4,30H2,1-3H3. The number of nitrogens with two attached hydrogens (primary N) is 1. The summed E-state index contributed by atoms with van der Waals surface area (Å²) >= 11 is 0. The summed E-state index contributed by atoms with van der Waals surface area (Å²) in [5.74, 6) is -1.72. The summed E-state index contributed by atoms with van der Waals surface area (Å²) in [6.07, 6.45) is 0. The number of fused-ring (bicyclic) bond motifs is 1. The van der Waals surface area contributed by atoms with Gasteiger partial charge < -0.3 is 19.9 Å². The Labute approximate surface area is 208 Å². The number of hydrogen-bond acceptors (Lipinski definition) is 8. The molecule has 4 rings (SSSR count). The van der Waals surface area contributed by atoms with Gasteiger partial charge in [-0.2, -0.15) is 5.26 Å². The summed E-state index contributed by atoms with van der Waals surface area (Å²) in [5, 5.41) is 11.9. The Morgan fingerprint density at radius 2 is 1.64 bits per heavy atom. The Morgan fingerprint density at radius 1 is 0.972 bits per heavy atom. The predicted octanol–water partition coefficient (Wildman–Crippen LogP) is 4.14. The molecule has 3 aromatic carbocycles. The fourth-order valence-electron chi connectivity index (χ4n) is 4.39. The SMILES string of the molecule is CCOc1ccc2cc(N3C(N)=C(C#N)C(c4ccccc4)C(C(=O)OC)=C3C(=O)OC)ccc2c1. The lowest BCUT2D eigenvalue weighted by Gasteiger charge is -2.36. The van der Waals surface area contributed by atoms with Crippen molar-refractivity contribution in [2.24, 2.45) is 5.73 Å². The van der Waals surface area contributed by atoms with Crippen molar-refractivity contribution in [3.63, 3.8) is 0 Å². The zero-order valence-corrected chi connectivity index (χ0v) is 20.1. The van der Waals surface area contributed by atoms with E-state index in [9.17, 15) is 14.9 Å². The minimum Gasteiger partial charge on any atom is -0.494 e. The molecule has 182 valence electrons. The van der Waals surface area contributed by atoms with E-state index in [0.717, 1.165) is 16.5 Å². The molecule has 0 bridgehead atoms. The van der Waals surface area contributed by atoms with Crippen molar-refractivity contribution in [3.05, 3.63) is 95.0 Å². The summed E-state index contributed by atoms with van der Waals surface area (Å²) in [7, 11) is 2.44. The van der Waals surface area contributed by atoms with Crippen LogP contribution in [-0.4, -0.2) is 32.8 Å². The van der Waals surface area contributed by atoms with Crippen molar-refractivity contribution in [1.82, 2.24) is 0 Å². The third kappa shape index (κ3) is 4.23. The lowest BCUT2D eigenvalue weighted by atomic mass is 9.81. The normalized spacial score (nSPS) is 15.5. The van der Waals surface area contributed by atoms with Crippen molar-refractivity contribution >= 4 is 28.4 Å². The van der Waals surface area contributed by atoms with Gasteiger partial charge in [-0.1, -0.05) is 42.5 Å². The van der Waals surface area contributed by atoms with Crippen LogP contribution in [-0.2, 0) is 19.1 Å². The highest BCUT2D eigenvalue weighted by Gasteiger charge is 2.43. The van der Waals surface area contributed by atoms with Gasteiger partial charge in [-0.15, -0.1) is 0 Å². The fourth-order valence-corrected chi connectivity index (χ4v) is 4.39. The molecule has 3 aromatic rings. The zero-order chi connectivity index (χ0) is 25.8. The summed E-state index contributed by atoms with van der Waals surface area (Å²) in [4.78, 5) is 27.7. The molecule has 36 heavy (non-hydrogen) atoms. The molecule has 2 N–H and O–H groups in total. The summed E-state index contributed by atoms with van der Waals surface area (Å²) in [6.45, 7) is 2.45. The monoisotopic (exact) mass is 483 g/mol. The maximum absolute atomic E-state index is 13.2. The molecule has 0 aromatic heterocycles. The summed E-state index contributed by atoms with van der Waals surface area (Å²) < 4.78 is 15.7. The van der Waals surface area contributed by atoms with Gasteiger partial charge in [0.25, 0.3) is 0 Å². The van der Waals surface area contributed by atoms with Crippen molar-refractivity contribution in [2.45, 2.75) is 12.8 Å². The lowest BCUT2D eigenvalue weighted by molar-refractivity contribution is -0.139. The maximum atomic E-state index is 13.2. The minimum atomic E-state index is -0.914. The maximum Gasteiger partial charge on any atom is 0.355 e. The van der Waals surface area contributed by atoms with E-state index in [2.05, 4.69) is 6.07 Å². The molecule has 1 atom stereocenters. The molecular weight excluding hydrogens is 458 g/mol. The molecule has 1 aliphatic rings. The van der Waals surface area contributed by atoms with Gasteiger partial charge in [-0.3, -0.25) is 4.90 Å². The topological polar surface area (TPSA) is 115 Å². The molecule has 0 saturated carbocycles. The first-order valence-corrected chi connectivity index (χ1v) is 11.3. The van der Waals surface area contributed by atoms with Crippen LogP contribution < -0.4 is 15.4 Å². The smallest absolute Gasteiger partial charge is 0.355 e. The van der Waals surface area contributed by atoms with Crippen molar-refractivity contribution < 1.29 is 23.8 Å². The average molecular weight is 484 g/mol. The van der Waals surface area contributed by atoms with E-state index >= 15 is 0 Å². The van der Waals surface area contributed by atoms with Crippen LogP contribution >= 0.6 is 0 Å². The Hall–Kier alpha value is -4.77. The average Bonchev–Trinajstić information content (AvgIpc) is 2.91. The van der Waals surface area contributed by atoms with Crippen LogP contribution in [0.25, 0.3) is 10.8 Å². The predicted molar refractivity (Wildman–Crippen MR) is 135 cm³/mol. The molecule has 1 unspecified atom stereocenters. The Kier molecular flexibility index (Phi) is 6.93. The number of nitriles is 1. The van der Waals surface area contributed by atoms with Gasteiger partial charge >= 0.3 is 11.9 Å². The Morgan fingerprint density at radius 3 is 2.28 bits per heavy atom. The number of benzene rings is 3. The van der Waals surface area contributed by atoms with Crippen LogP contribution in [0.2, 0.25) is 0 Å². The van der Waals surface area contributed by atoms with E-state index < -0.39 is 17.9 Å². The van der Waals surface area contributed by atoms with E-state index in [1.165, 1.54) is 19.1 Å². The fraction of sp³-hybridized carbons (Fsp3) is 0.179. The number of methoxy groups -OCH3 is 2. The third-order valence-electron chi connectivity index (χ3n) is 5.97. The molecule has 0 radical (unpaired) electrons. The van der Waals surface area contributed by atoms with Crippen molar-refractivity contribution in [2.75, 3.05) is 25.7 Å². The van der Waals surface area contributed by atoms with E-state index in [1.807, 2.05) is 43.3 Å². The second-order valence-corrected chi connectivity index (χ2v) is 7.96. The van der Waals surface area contributed by atoms with Crippen molar-refractivity contribution in [3.8, 4) is 11.8 Å². The highest BCUT2D eigenvalue weighted by Crippen LogP contribution is 2.43.